The number of hydrogen-bond donors (Lipinski definition) is 0. The third-order valence-electron chi connectivity index (χ3n) is 1.71. The molecule has 0 radical (unpaired) electrons. The van der Waals surface area contributed by atoms with Crippen LogP contribution in [0.15, 0.2) is 0 Å². The van der Waals surface area contributed by atoms with Crippen molar-refractivity contribution in [3.05, 3.63) is 0 Å². The average molecular weight is 136 g/mol. The van der Waals surface area contributed by atoms with Crippen LogP contribution in [-0.2, 0) is 4.74 Å². The minimum atomic E-state index is -2.33. The van der Waals surface area contributed by atoms with E-state index in [1.165, 1.54) is 6.92 Å². The summed E-state index contributed by atoms with van der Waals surface area (Å²) in [6.07, 6.45) is -1.08. The van der Waals surface area contributed by atoms with Gasteiger partial charge in [-0.25, -0.2) is 8.78 Å². The Bertz CT molecular complexity index is 97.2. The van der Waals surface area contributed by atoms with Crippen molar-refractivity contribution in [2.75, 3.05) is 6.61 Å². The molecule has 9 heavy (non-hydrogen) atoms. The van der Waals surface area contributed by atoms with E-state index in [1.54, 1.807) is 0 Å². The molecule has 1 saturated heterocycles. The Kier molecular flexibility index (Phi) is 1.70. The van der Waals surface area contributed by atoms with Crippen molar-refractivity contribution in [1.29, 1.82) is 0 Å². The van der Waals surface area contributed by atoms with E-state index in [2.05, 4.69) is 0 Å². The summed E-state index contributed by atoms with van der Waals surface area (Å²) in [5, 5.41) is 0. The molecule has 0 spiro atoms. The van der Waals surface area contributed by atoms with Gasteiger partial charge < -0.3 is 4.74 Å². The van der Waals surface area contributed by atoms with Crippen molar-refractivity contribution in [2.45, 2.75) is 31.8 Å². The highest BCUT2D eigenvalue weighted by atomic mass is 19.3. The Hall–Kier alpha value is -0.180. The van der Waals surface area contributed by atoms with Gasteiger partial charge in [-0.05, 0) is 19.8 Å². The minimum absolute atomic E-state index is 0.487. The van der Waals surface area contributed by atoms with Gasteiger partial charge in [0.05, 0.1) is 0 Å². The molecular weight excluding hydrogens is 126 g/mol. The molecule has 0 amide bonds. The zero-order valence-corrected chi connectivity index (χ0v) is 5.36. The van der Waals surface area contributed by atoms with Crippen LogP contribution in [0.4, 0.5) is 8.78 Å². The van der Waals surface area contributed by atoms with Crippen molar-refractivity contribution in [1.82, 2.24) is 0 Å². The van der Waals surface area contributed by atoms with Crippen molar-refractivity contribution in [3.8, 4) is 0 Å². The molecule has 0 saturated carbocycles. The Labute approximate surface area is 53.0 Å². The Morgan fingerprint density at radius 2 is 2.22 bits per heavy atom. The predicted molar refractivity (Wildman–Crippen MR) is 29.6 cm³/mol. The van der Waals surface area contributed by atoms with E-state index in [4.69, 9.17) is 4.74 Å². The van der Waals surface area contributed by atoms with Gasteiger partial charge in [0.2, 0.25) is 0 Å². The highest BCUT2D eigenvalue weighted by Gasteiger charge is 2.38. The highest BCUT2D eigenvalue weighted by molar-refractivity contribution is 4.82. The average Bonchev–Trinajstić information content (AvgIpc) is 2.16. The smallest absolute Gasteiger partial charge is 0.266 e. The third-order valence-corrected chi connectivity index (χ3v) is 1.71. The summed E-state index contributed by atoms with van der Waals surface area (Å²) in [6, 6.07) is 0. The van der Waals surface area contributed by atoms with Gasteiger partial charge in [0.25, 0.3) is 6.43 Å². The van der Waals surface area contributed by atoms with E-state index in [9.17, 15) is 8.78 Å². The maximum absolute atomic E-state index is 12.0. The van der Waals surface area contributed by atoms with Crippen LogP contribution in [0.5, 0.6) is 0 Å². The van der Waals surface area contributed by atoms with Gasteiger partial charge in [-0.2, -0.15) is 0 Å². The first-order valence-electron chi connectivity index (χ1n) is 3.07. The van der Waals surface area contributed by atoms with E-state index in [0.29, 0.717) is 13.0 Å². The molecule has 0 aromatic heterocycles. The zero-order valence-electron chi connectivity index (χ0n) is 5.36. The second-order valence-electron chi connectivity index (χ2n) is 2.57. The minimum Gasteiger partial charge on any atom is -0.369 e. The van der Waals surface area contributed by atoms with E-state index in [1.807, 2.05) is 0 Å². The molecule has 0 N–H and O–H groups in total. The fourth-order valence-electron chi connectivity index (χ4n) is 0.973. The fraction of sp³-hybridized carbons (Fsp3) is 1.00. The van der Waals surface area contributed by atoms with Crippen LogP contribution in [-0.4, -0.2) is 18.6 Å². The first kappa shape index (κ1) is 6.93. The van der Waals surface area contributed by atoms with E-state index in [0.717, 1.165) is 6.42 Å². The van der Waals surface area contributed by atoms with Crippen molar-refractivity contribution in [3.63, 3.8) is 0 Å². The molecule has 1 aliphatic rings. The third kappa shape index (κ3) is 1.21. The summed E-state index contributed by atoms with van der Waals surface area (Å²) < 4.78 is 28.9. The van der Waals surface area contributed by atoms with Gasteiger partial charge >= 0.3 is 0 Å². The summed E-state index contributed by atoms with van der Waals surface area (Å²) in [5.74, 6) is 0. The van der Waals surface area contributed by atoms with Gasteiger partial charge in [0.1, 0.15) is 5.60 Å². The van der Waals surface area contributed by atoms with Crippen LogP contribution < -0.4 is 0 Å². The standard InChI is InChI=1S/C6H10F2O/c1-6(5(7)8)3-2-4-9-6/h5H,2-4H2,1H3. The first-order chi connectivity index (χ1) is 4.15. The van der Waals surface area contributed by atoms with E-state index < -0.39 is 12.0 Å². The fourth-order valence-corrected chi connectivity index (χ4v) is 0.973. The summed E-state index contributed by atoms with van der Waals surface area (Å²) >= 11 is 0. The second-order valence-corrected chi connectivity index (χ2v) is 2.57. The molecule has 0 aromatic rings. The van der Waals surface area contributed by atoms with Gasteiger partial charge in [0, 0.05) is 6.61 Å². The van der Waals surface area contributed by atoms with Gasteiger partial charge in [0.15, 0.2) is 0 Å². The lowest BCUT2D eigenvalue weighted by Gasteiger charge is -2.20. The Balaban J connectivity index is 2.51. The molecule has 1 fully saturated rings. The van der Waals surface area contributed by atoms with Crippen LogP contribution in [0.3, 0.4) is 0 Å². The first-order valence-corrected chi connectivity index (χ1v) is 3.07. The molecule has 1 heterocycles. The number of ether oxygens (including phenoxy) is 1. The number of hydrogen-bond acceptors (Lipinski definition) is 1. The maximum atomic E-state index is 12.0. The number of rotatable bonds is 1. The molecule has 3 heteroatoms. The molecule has 0 aromatic carbocycles. The summed E-state index contributed by atoms with van der Waals surface area (Å²) in [4.78, 5) is 0. The van der Waals surface area contributed by atoms with Crippen LogP contribution in [0.25, 0.3) is 0 Å². The lowest BCUT2D eigenvalue weighted by atomic mass is 10.0. The Morgan fingerprint density at radius 1 is 1.56 bits per heavy atom. The van der Waals surface area contributed by atoms with Crippen LogP contribution >= 0.6 is 0 Å². The van der Waals surface area contributed by atoms with Crippen LogP contribution in [0.2, 0.25) is 0 Å². The topological polar surface area (TPSA) is 9.23 Å². The molecule has 1 rings (SSSR count). The molecule has 0 bridgehead atoms. The molecule has 1 aliphatic heterocycles. The second kappa shape index (κ2) is 2.21. The quantitative estimate of drug-likeness (QED) is 0.534. The zero-order chi connectivity index (χ0) is 6.91. The van der Waals surface area contributed by atoms with Crippen LogP contribution in [0.1, 0.15) is 19.8 Å². The summed E-state index contributed by atoms with van der Waals surface area (Å²) in [6.45, 7) is 1.95. The molecule has 1 nitrogen and oxygen atoms in total. The Morgan fingerprint density at radius 3 is 2.44 bits per heavy atom. The molecule has 0 aliphatic carbocycles. The predicted octanol–water partition coefficient (Wildman–Crippen LogP) is 1.82. The monoisotopic (exact) mass is 136 g/mol. The van der Waals surface area contributed by atoms with Crippen molar-refractivity contribution < 1.29 is 13.5 Å². The number of alkyl halides is 2. The van der Waals surface area contributed by atoms with Crippen molar-refractivity contribution in [2.24, 2.45) is 0 Å². The van der Waals surface area contributed by atoms with Gasteiger partial charge in [-0.15, -0.1) is 0 Å². The largest absolute Gasteiger partial charge is 0.369 e. The SMILES string of the molecule is CC1(C(F)F)CCCO1. The number of halogens is 2. The summed E-state index contributed by atoms with van der Waals surface area (Å²) in [7, 11) is 0. The summed E-state index contributed by atoms with van der Waals surface area (Å²) in [5.41, 5.74) is -1.14. The van der Waals surface area contributed by atoms with E-state index in [-0.39, 0.29) is 0 Å². The lowest BCUT2D eigenvalue weighted by molar-refractivity contribution is -0.0963. The lowest BCUT2D eigenvalue weighted by Crippen LogP contribution is -2.32. The maximum Gasteiger partial charge on any atom is 0.266 e. The van der Waals surface area contributed by atoms with Gasteiger partial charge in [-0.1, -0.05) is 0 Å². The molecular formula is C6H10F2O. The normalized spacial score (nSPS) is 36.0. The highest BCUT2D eigenvalue weighted by Crippen LogP contribution is 2.30. The van der Waals surface area contributed by atoms with Crippen molar-refractivity contribution >= 4 is 0 Å². The molecule has 54 valence electrons. The van der Waals surface area contributed by atoms with Crippen LogP contribution in [0, 0.1) is 0 Å². The molecule has 1 unspecified atom stereocenters. The molecule has 1 atom stereocenters. The van der Waals surface area contributed by atoms with E-state index >= 15 is 0 Å². The van der Waals surface area contributed by atoms with Gasteiger partial charge in [-0.3, -0.25) is 0 Å².